The van der Waals surface area contributed by atoms with Gasteiger partial charge >= 0.3 is 0 Å². The molecule has 0 aliphatic heterocycles. The number of hydrogen-bond acceptors (Lipinski definition) is 4. The van der Waals surface area contributed by atoms with Gasteiger partial charge in [0.25, 0.3) is 10.0 Å². The number of carbonyl (C=O) groups is 1. The summed E-state index contributed by atoms with van der Waals surface area (Å²) in [5.41, 5.74) is -0.374. The SMILES string of the molecule is CCc1ccc(S(=O)(=O)NCC(=O)NC(C)(C)C)s1. The van der Waals surface area contributed by atoms with Gasteiger partial charge in [-0.15, -0.1) is 11.3 Å². The van der Waals surface area contributed by atoms with Crippen LogP contribution in [0.4, 0.5) is 0 Å². The Bertz CT molecular complexity index is 542. The Balaban J connectivity index is 2.63. The lowest BCUT2D eigenvalue weighted by Crippen LogP contribution is -2.45. The maximum Gasteiger partial charge on any atom is 0.250 e. The van der Waals surface area contributed by atoms with Gasteiger partial charge in [-0.3, -0.25) is 4.79 Å². The third kappa shape index (κ3) is 5.30. The van der Waals surface area contributed by atoms with Gasteiger partial charge in [0.1, 0.15) is 4.21 Å². The Hall–Kier alpha value is -0.920. The standard InChI is InChI=1S/C12H20N2O3S2/c1-5-9-6-7-11(18-9)19(16,17)13-8-10(15)14-12(2,3)4/h6-7,13H,5,8H2,1-4H3,(H,14,15). The number of thiophene rings is 1. The minimum atomic E-state index is -3.59. The number of sulfonamides is 1. The van der Waals surface area contributed by atoms with Gasteiger partial charge in [-0.2, -0.15) is 0 Å². The van der Waals surface area contributed by atoms with Crippen LogP contribution in [-0.4, -0.2) is 26.4 Å². The lowest BCUT2D eigenvalue weighted by Gasteiger charge is -2.20. The molecule has 2 N–H and O–H groups in total. The van der Waals surface area contributed by atoms with E-state index in [0.717, 1.165) is 11.3 Å². The fraction of sp³-hybridized carbons (Fsp3) is 0.583. The van der Waals surface area contributed by atoms with E-state index in [-0.39, 0.29) is 22.2 Å². The first kappa shape index (κ1) is 16.1. The summed E-state index contributed by atoms with van der Waals surface area (Å²) in [7, 11) is -3.59. The highest BCUT2D eigenvalue weighted by Crippen LogP contribution is 2.21. The van der Waals surface area contributed by atoms with Crippen molar-refractivity contribution in [3.05, 3.63) is 17.0 Å². The molecule has 0 saturated heterocycles. The summed E-state index contributed by atoms with van der Waals surface area (Å²) in [5, 5.41) is 2.70. The third-order valence-corrected chi connectivity index (χ3v) is 5.31. The number of aryl methyl sites for hydroxylation is 1. The van der Waals surface area contributed by atoms with Gasteiger partial charge in [-0.1, -0.05) is 6.92 Å². The van der Waals surface area contributed by atoms with E-state index < -0.39 is 10.0 Å². The maximum atomic E-state index is 12.0. The molecule has 0 bridgehead atoms. The number of hydrogen-bond donors (Lipinski definition) is 2. The van der Waals surface area contributed by atoms with Crippen molar-refractivity contribution in [2.75, 3.05) is 6.54 Å². The molecule has 0 spiro atoms. The Kier molecular flexibility index (Phi) is 5.11. The van der Waals surface area contributed by atoms with Gasteiger partial charge in [0.05, 0.1) is 6.54 Å². The second-order valence-electron chi connectivity index (χ2n) is 5.20. The van der Waals surface area contributed by atoms with Crippen LogP contribution in [-0.2, 0) is 21.2 Å². The van der Waals surface area contributed by atoms with Crippen LogP contribution < -0.4 is 10.0 Å². The fourth-order valence-corrected chi connectivity index (χ4v) is 3.71. The van der Waals surface area contributed by atoms with E-state index >= 15 is 0 Å². The van der Waals surface area contributed by atoms with Crippen LogP contribution in [0.1, 0.15) is 32.6 Å². The molecule has 1 rings (SSSR count). The quantitative estimate of drug-likeness (QED) is 0.865. The molecule has 0 fully saturated rings. The zero-order valence-corrected chi connectivity index (χ0v) is 13.2. The predicted molar refractivity (Wildman–Crippen MR) is 76.8 cm³/mol. The molecule has 5 nitrogen and oxygen atoms in total. The van der Waals surface area contributed by atoms with Crippen LogP contribution in [0.5, 0.6) is 0 Å². The number of carbonyl (C=O) groups excluding carboxylic acids is 1. The lowest BCUT2D eigenvalue weighted by atomic mass is 10.1. The summed E-state index contributed by atoms with van der Waals surface area (Å²) in [6.07, 6.45) is 0.796. The smallest absolute Gasteiger partial charge is 0.250 e. The molecule has 1 aromatic rings. The molecular formula is C12H20N2O3S2. The van der Waals surface area contributed by atoms with E-state index in [2.05, 4.69) is 10.0 Å². The highest BCUT2D eigenvalue weighted by Gasteiger charge is 2.19. The van der Waals surface area contributed by atoms with E-state index in [1.54, 1.807) is 12.1 Å². The van der Waals surface area contributed by atoms with Crippen LogP contribution in [0.2, 0.25) is 0 Å². The van der Waals surface area contributed by atoms with Crippen molar-refractivity contribution in [1.82, 2.24) is 10.0 Å². The molecule has 1 heterocycles. The first-order chi connectivity index (χ1) is 8.64. The molecule has 0 unspecified atom stereocenters. The van der Waals surface area contributed by atoms with Crippen LogP contribution in [0, 0.1) is 0 Å². The average Bonchev–Trinajstić information content (AvgIpc) is 2.73. The predicted octanol–water partition coefficient (Wildman–Crippen LogP) is 1.50. The Morgan fingerprint density at radius 1 is 1.32 bits per heavy atom. The zero-order valence-electron chi connectivity index (χ0n) is 11.6. The van der Waals surface area contributed by atoms with E-state index in [1.165, 1.54) is 11.3 Å². The molecule has 0 radical (unpaired) electrons. The monoisotopic (exact) mass is 304 g/mol. The lowest BCUT2D eigenvalue weighted by molar-refractivity contribution is -0.121. The largest absolute Gasteiger partial charge is 0.350 e. The summed E-state index contributed by atoms with van der Waals surface area (Å²) in [6, 6.07) is 3.35. The van der Waals surface area contributed by atoms with Gasteiger partial charge in [0, 0.05) is 10.4 Å². The highest BCUT2D eigenvalue weighted by atomic mass is 32.2. The van der Waals surface area contributed by atoms with Gasteiger partial charge < -0.3 is 5.32 Å². The highest BCUT2D eigenvalue weighted by molar-refractivity contribution is 7.91. The molecular weight excluding hydrogens is 284 g/mol. The van der Waals surface area contributed by atoms with Crippen molar-refractivity contribution >= 4 is 27.3 Å². The Morgan fingerprint density at radius 2 is 1.95 bits per heavy atom. The fourth-order valence-electron chi connectivity index (χ4n) is 1.39. The summed E-state index contributed by atoms with van der Waals surface area (Å²) >= 11 is 1.22. The van der Waals surface area contributed by atoms with Crippen LogP contribution in [0.15, 0.2) is 16.3 Å². The zero-order chi connectivity index (χ0) is 14.7. The number of rotatable bonds is 5. The first-order valence-corrected chi connectivity index (χ1v) is 8.33. The van der Waals surface area contributed by atoms with Crippen molar-refractivity contribution in [3.8, 4) is 0 Å². The second kappa shape index (κ2) is 6.02. The molecule has 1 aromatic heterocycles. The summed E-state index contributed by atoms with van der Waals surface area (Å²) < 4.78 is 26.5. The van der Waals surface area contributed by atoms with Crippen LogP contribution in [0.3, 0.4) is 0 Å². The van der Waals surface area contributed by atoms with Crippen molar-refractivity contribution in [1.29, 1.82) is 0 Å². The molecule has 0 aromatic carbocycles. The van der Waals surface area contributed by atoms with Gasteiger partial charge in [0.2, 0.25) is 5.91 Å². The van der Waals surface area contributed by atoms with E-state index in [4.69, 9.17) is 0 Å². The van der Waals surface area contributed by atoms with Crippen LogP contribution >= 0.6 is 11.3 Å². The van der Waals surface area contributed by atoms with Gasteiger partial charge in [-0.05, 0) is 39.3 Å². The Morgan fingerprint density at radius 3 is 2.42 bits per heavy atom. The van der Waals surface area contributed by atoms with Crippen LogP contribution in [0.25, 0.3) is 0 Å². The summed E-state index contributed by atoms with van der Waals surface area (Å²) in [4.78, 5) is 12.6. The summed E-state index contributed by atoms with van der Waals surface area (Å²) in [5.74, 6) is -0.344. The minimum Gasteiger partial charge on any atom is -0.350 e. The molecule has 1 amide bonds. The number of amides is 1. The van der Waals surface area contributed by atoms with Crippen molar-refractivity contribution in [2.24, 2.45) is 0 Å². The molecule has 19 heavy (non-hydrogen) atoms. The normalized spacial score (nSPS) is 12.4. The van der Waals surface area contributed by atoms with E-state index in [1.807, 2.05) is 27.7 Å². The third-order valence-electron chi connectivity index (χ3n) is 2.19. The topological polar surface area (TPSA) is 75.3 Å². The molecule has 0 aliphatic carbocycles. The minimum absolute atomic E-state index is 0.243. The van der Waals surface area contributed by atoms with Crippen molar-refractivity contribution in [3.63, 3.8) is 0 Å². The molecule has 0 atom stereocenters. The van der Waals surface area contributed by atoms with Gasteiger partial charge in [0.15, 0.2) is 0 Å². The second-order valence-corrected chi connectivity index (χ2v) is 8.36. The maximum absolute atomic E-state index is 12.0. The van der Waals surface area contributed by atoms with Gasteiger partial charge in [-0.25, -0.2) is 13.1 Å². The first-order valence-electron chi connectivity index (χ1n) is 6.03. The summed E-state index contributed by atoms with van der Waals surface area (Å²) in [6.45, 7) is 7.23. The number of nitrogens with one attached hydrogen (secondary N) is 2. The van der Waals surface area contributed by atoms with E-state index in [0.29, 0.717) is 0 Å². The average molecular weight is 304 g/mol. The van der Waals surface area contributed by atoms with Crippen molar-refractivity contribution in [2.45, 2.75) is 43.9 Å². The molecule has 0 aliphatic rings. The molecule has 108 valence electrons. The van der Waals surface area contributed by atoms with E-state index in [9.17, 15) is 13.2 Å². The van der Waals surface area contributed by atoms with Crippen molar-refractivity contribution < 1.29 is 13.2 Å². The molecule has 0 saturated carbocycles. The molecule has 7 heteroatoms. The Labute approximate surface area is 118 Å².